The summed E-state index contributed by atoms with van der Waals surface area (Å²) >= 11 is 0. The molecule has 0 saturated heterocycles. The molecule has 1 aromatic carbocycles. The van der Waals surface area contributed by atoms with Crippen LogP contribution in [0.25, 0.3) is 0 Å². The van der Waals surface area contributed by atoms with E-state index < -0.39 is 5.60 Å². The van der Waals surface area contributed by atoms with Crippen LogP contribution in [-0.4, -0.2) is 20.3 Å². The summed E-state index contributed by atoms with van der Waals surface area (Å²) in [7, 11) is 0. The second kappa shape index (κ2) is 4.25. The third-order valence-corrected chi connectivity index (χ3v) is 3.79. The van der Waals surface area contributed by atoms with Gasteiger partial charge in [-0.1, -0.05) is 24.3 Å². The number of aromatic nitrogens is 2. The highest BCUT2D eigenvalue weighted by Gasteiger charge is 2.36. The molecule has 2 aromatic rings. The summed E-state index contributed by atoms with van der Waals surface area (Å²) in [5.41, 5.74) is 1.88. The van der Waals surface area contributed by atoms with Crippen molar-refractivity contribution < 1.29 is 5.11 Å². The predicted octanol–water partition coefficient (Wildman–Crippen LogP) is 1.98. The number of nitrogens with zero attached hydrogens (tertiary/aromatic N) is 2. The van der Waals surface area contributed by atoms with Gasteiger partial charge >= 0.3 is 0 Å². The molecule has 18 heavy (non-hydrogen) atoms. The molecule has 3 heteroatoms. The van der Waals surface area contributed by atoms with Gasteiger partial charge in [-0.25, -0.2) is 4.98 Å². The lowest BCUT2D eigenvalue weighted by molar-refractivity contribution is 0.0489. The largest absolute Gasteiger partial charge is 0.389 e. The van der Waals surface area contributed by atoms with E-state index in [0.29, 0.717) is 6.42 Å². The molecule has 0 saturated carbocycles. The summed E-state index contributed by atoms with van der Waals surface area (Å²) in [6.45, 7) is 3.00. The Morgan fingerprint density at radius 2 is 1.94 bits per heavy atom. The van der Waals surface area contributed by atoms with Crippen LogP contribution in [0, 0.1) is 0 Å². The Morgan fingerprint density at radius 1 is 1.28 bits per heavy atom. The molecular weight excluding hydrogens is 224 g/mol. The lowest BCUT2D eigenvalue weighted by Crippen LogP contribution is -2.33. The van der Waals surface area contributed by atoms with Crippen LogP contribution in [0.2, 0.25) is 0 Å². The average Bonchev–Trinajstić information content (AvgIpc) is 2.91. The molecule has 0 radical (unpaired) electrons. The molecule has 1 aliphatic rings. The molecule has 0 unspecified atom stereocenters. The molecule has 0 spiro atoms. The highest BCUT2D eigenvalue weighted by atomic mass is 16.3. The number of fused-ring (bicyclic) bond motifs is 1. The Morgan fingerprint density at radius 3 is 2.56 bits per heavy atom. The van der Waals surface area contributed by atoms with E-state index >= 15 is 0 Å². The van der Waals surface area contributed by atoms with Gasteiger partial charge in [-0.3, -0.25) is 0 Å². The minimum absolute atomic E-state index is 0.628. The van der Waals surface area contributed by atoms with Gasteiger partial charge in [0.1, 0.15) is 5.82 Å². The normalized spacial score (nSPS) is 16.8. The minimum atomic E-state index is -0.665. The molecule has 0 bridgehead atoms. The van der Waals surface area contributed by atoms with Crippen molar-refractivity contribution in [1.29, 1.82) is 0 Å². The molecule has 1 heterocycles. The highest BCUT2D eigenvalue weighted by Crippen LogP contribution is 2.32. The topological polar surface area (TPSA) is 38.0 Å². The quantitative estimate of drug-likeness (QED) is 0.893. The zero-order valence-corrected chi connectivity index (χ0v) is 10.6. The second-order valence-corrected chi connectivity index (χ2v) is 5.15. The van der Waals surface area contributed by atoms with Crippen LogP contribution >= 0.6 is 0 Å². The molecule has 3 nitrogen and oxygen atoms in total. The first-order valence-electron chi connectivity index (χ1n) is 6.49. The van der Waals surface area contributed by atoms with Crippen LogP contribution in [-0.2, 0) is 25.8 Å². The van der Waals surface area contributed by atoms with E-state index in [1.54, 1.807) is 0 Å². The van der Waals surface area contributed by atoms with Gasteiger partial charge in [-0.05, 0) is 18.1 Å². The van der Waals surface area contributed by atoms with Crippen LogP contribution in [0.15, 0.2) is 36.7 Å². The molecule has 1 N–H and O–H groups in total. The number of aryl methyl sites for hydroxylation is 1. The number of hydrogen-bond acceptors (Lipinski definition) is 2. The summed E-state index contributed by atoms with van der Waals surface area (Å²) in [6, 6.07) is 8.30. The van der Waals surface area contributed by atoms with Gasteiger partial charge in [-0.2, -0.15) is 0 Å². The van der Waals surface area contributed by atoms with Gasteiger partial charge in [0, 0.05) is 38.2 Å². The standard InChI is InChI=1S/C15H18N2O/c1-2-17-8-7-16-14(17)11-15(18)9-12-5-3-4-6-13(12)10-15/h3-8,18H,2,9-11H2,1H3. The van der Waals surface area contributed by atoms with E-state index in [-0.39, 0.29) is 0 Å². The summed E-state index contributed by atoms with van der Waals surface area (Å²) in [4.78, 5) is 4.36. The first-order chi connectivity index (χ1) is 8.70. The van der Waals surface area contributed by atoms with Gasteiger partial charge in [0.15, 0.2) is 0 Å². The van der Waals surface area contributed by atoms with Crippen LogP contribution < -0.4 is 0 Å². The Kier molecular flexibility index (Phi) is 2.71. The molecule has 0 atom stereocenters. The summed E-state index contributed by atoms with van der Waals surface area (Å²) in [5, 5.41) is 10.8. The van der Waals surface area contributed by atoms with Crippen LogP contribution in [0.5, 0.6) is 0 Å². The highest BCUT2D eigenvalue weighted by molar-refractivity contribution is 5.35. The number of hydrogen-bond donors (Lipinski definition) is 1. The lowest BCUT2D eigenvalue weighted by Gasteiger charge is -2.22. The van der Waals surface area contributed by atoms with Crippen molar-refractivity contribution in [1.82, 2.24) is 9.55 Å². The molecule has 3 rings (SSSR count). The zero-order chi connectivity index (χ0) is 12.6. The fourth-order valence-electron chi connectivity index (χ4n) is 2.89. The third-order valence-electron chi connectivity index (χ3n) is 3.79. The molecule has 0 aliphatic heterocycles. The predicted molar refractivity (Wildman–Crippen MR) is 70.4 cm³/mol. The SMILES string of the molecule is CCn1ccnc1CC1(O)Cc2ccccc2C1. The summed E-state index contributed by atoms with van der Waals surface area (Å²) in [6.07, 6.45) is 5.88. The fourth-order valence-corrected chi connectivity index (χ4v) is 2.89. The van der Waals surface area contributed by atoms with Crippen molar-refractivity contribution in [2.75, 3.05) is 0 Å². The van der Waals surface area contributed by atoms with E-state index in [4.69, 9.17) is 0 Å². The van der Waals surface area contributed by atoms with Crippen molar-refractivity contribution >= 4 is 0 Å². The smallest absolute Gasteiger partial charge is 0.111 e. The Hall–Kier alpha value is -1.61. The van der Waals surface area contributed by atoms with E-state index in [2.05, 4.69) is 28.6 Å². The van der Waals surface area contributed by atoms with Gasteiger partial charge in [0.05, 0.1) is 5.60 Å². The summed E-state index contributed by atoms with van der Waals surface area (Å²) in [5.74, 6) is 0.979. The molecule has 0 amide bonds. The Labute approximate surface area is 107 Å². The van der Waals surface area contributed by atoms with Gasteiger partial charge < -0.3 is 9.67 Å². The number of aliphatic hydroxyl groups is 1. The summed E-state index contributed by atoms with van der Waals surface area (Å²) < 4.78 is 2.10. The maximum absolute atomic E-state index is 10.8. The van der Waals surface area contributed by atoms with E-state index in [1.807, 2.05) is 24.5 Å². The lowest BCUT2D eigenvalue weighted by atomic mass is 9.96. The van der Waals surface area contributed by atoms with Crippen molar-refractivity contribution in [2.24, 2.45) is 0 Å². The molecular formula is C15H18N2O. The number of rotatable bonds is 3. The molecule has 1 aromatic heterocycles. The average molecular weight is 242 g/mol. The maximum Gasteiger partial charge on any atom is 0.111 e. The number of imidazole rings is 1. The van der Waals surface area contributed by atoms with Gasteiger partial charge in [0.25, 0.3) is 0 Å². The minimum Gasteiger partial charge on any atom is -0.389 e. The van der Waals surface area contributed by atoms with E-state index in [0.717, 1.165) is 25.2 Å². The van der Waals surface area contributed by atoms with Crippen molar-refractivity contribution in [3.63, 3.8) is 0 Å². The second-order valence-electron chi connectivity index (χ2n) is 5.15. The third kappa shape index (κ3) is 1.95. The molecule has 94 valence electrons. The fraction of sp³-hybridized carbons (Fsp3) is 0.400. The van der Waals surface area contributed by atoms with Crippen molar-refractivity contribution in [3.8, 4) is 0 Å². The molecule has 1 aliphatic carbocycles. The Balaban J connectivity index is 1.83. The van der Waals surface area contributed by atoms with Crippen LogP contribution in [0.1, 0.15) is 23.9 Å². The van der Waals surface area contributed by atoms with Gasteiger partial charge in [0.2, 0.25) is 0 Å². The van der Waals surface area contributed by atoms with Crippen LogP contribution in [0.3, 0.4) is 0 Å². The first kappa shape index (κ1) is 11.5. The van der Waals surface area contributed by atoms with Crippen LogP contribution in [0.4, 0.5) is 0 Å². The number of benzene rings is 1. The van der Waals surface area contributed by atoms with Gasteiger partial charge in [-0.15, -0.1) is 0 Å². The monoisotopic (exact) mass is 242 g/mol. The molecule has 0 fully saturated rings. The first-order valence-corrected chi connectivity index (χ1v) is 6.49. The van der Waals surface area contributed by atoms with Crippen molar-refractivity contribution in [2.45, 2.75) is 38.3 Å². The van der Waals surface area contributed by atoms with E-state index in [1.165, 1.54) is 11.1 Å². The van der Waals surface area contributed by atoms with E-state index in [9.17, 15) is 5.11 Å². The maximum atomic E-state index is 10.8. The zero-order valence-electron chi connectivity index (χ0n) is 10.6. The van der Waals surface area contributed by atoms with Crippen molar-refractivity contribution in [3.05, 3.63) is 53.6 Å². The Bertz CT molecular complexity index is 534.